The first-order chi connectivity index (χ1) is 8.02. The van der Waals surface area contributed by atoms with Crippen LogP contribution in [0.3, 0.4) is 0 Å². The lowest BCUT2D eigenvalue weighted by molar-refractivity contribution is -0.125. The largest absolute Gasteiger partial charge is 0.478 e. The predicted molar refractivity (Wildman–Crippen MR) is 68.1 cm³/mol. The van der Waals surface area contributed by atoms with Crippen molar-refractivity contribution in [1.82, 2.24) is 0 Å². The van der Waals surface area contributed by atoms with Crippen molar-refractivity contribution < 1.29 is 9.53 Å². The molecular formula is C13H18N2O2. The Morgan fingerprint density at radius 3 is 2.76 bits per heavy atom. The Hall–Kier alpha value is -1.71. The lowest BCUT2D eigenvalue weighted by Gasteiger charge is -2.29. The molecule has 0 saturated carbocycles. The highest BCUT2D eigenvalue weighted by atomic mass is 16.5. The van der Waals surface area contributed by atoms with Crippen LogP contribution >= 0.6 is 0 Å². The number of hydrogen-bond acceptors (Lipinski definition) is 3. The lowest BCUT2D eigenvalue weighted by Crippen LogP contribution is -2.41. The van der Waals surface area contributed by atoms with Crippen LogP contribution in [0.2, 0.25) is 0 Å². The van der Waals surface area contributed by atoms with E-state index in [2.05, 4.69) is 5.32 Å². The molecule has 0 fully saturated rings. The predicted octanol–water partition coefficient (Wildman–Crippen LogP) is 2.19. The van der Waals surface area contributed by atoms with Crippen molar-refractivity contribution in [3.8, 4) is 5.75 Å². The summed E-state index contributed by atoms with van der Waals surface area (Å²) in [5.41, 5.74) is 8.15. The molecule has 1 heterocycles. The molecule has 1 aromatic carbocycles. The van der Waals surface area contributed by atoms with Crippen LogP contribution in [0.15, 0.2) is 12.1 Å². The van der Waals surface area contributed by atoms with Crippen molar-refractivity contribution in [3.05, 3.63) is 17.7 Å². The zero-order valence-corrected chi connectivity index (χ0v) is 10.4. The summed E-state index contributed by atoms with van der Waals surface area (Å²) in [5, 5.41) is 2.86. The molecule has 1 aliphatic rings. The quantitative estimate of drug-likeness (QED) is 0.771. The average Bonchev–Trinajstić information content (AvgIpc) is 2.26. The standard InChI is InChI=1S/C13H18N2O2/c1-4-8-5-9(14)6-10-12(8)17-11(7(2)3)13(16)15-10/h5-7,11H,4,14H2,1-3H3,(H,15,16). The maximum atomic E-state index is 11.8. The lowest BCUT2D eigenvalue weighted by atomic mass is 10.0. The van der Waals surface area contributed by atoms with Crippen LogP contribution in [0.4, 0.5) is 11.4 Å². The molecule has 3 N–H and O–H groups in total. The molecule has 0 aliphatic carbocycles. The number of anilines is 2. The van der Waals surface area contributed by atoms with E-state index in [1.54, 1.807) is 6.07 Å². The van der Waals surface area contributed by atoms with Gasteiger partial charge in [-0.25, -0.2) is 0 Å². The van der Waals surface area contributed by atoms with E-state index < -0.39 is 6.10 Å². The molecule has 2 rings (SSSR count). The van der Waals surface area contributed by atoms with Crippen LogP contribution < -0.4 is 15.8 Å². The van der Waals surface area contributed by atoms with Crippen molar-refractivity contribution >= 4 is 17.3 Å². The van der Waals surface area contributed by atoms with Gasteiger partial charge in [0.1, 0.15) is 5.75 Å². The number of rotatable bonds is 2. The molecular weight excluding hydrogens is 216 g/mol. The molecule has 92 valence electrons. The number of hydrogen-bond donors (Lipinski definition) is 2. The van der Waals surface area contributed by atoms with E-state index in [0.717, 1.165) is 17.7 Å². The molecule has 1 amide bonds. The number of nitrogens with one attached hydrogen (secondary N) is 1. The van der Waals surface area contributed by atoms with Crippen LogP contribution in [0, 0.1) is 5.92 Å². The van der Waals surface area contributed by atoms with Crippen LogP contribution in [-0.4, -0.2) is 12.0 Å². The molecule has 0 saturated heterocycles. The zero-order valence-electron chi connectivity index (χ0n) is 10.4. The van der Waals surface area contributed by atoms with Gasteiger partial charge in [-0.1, -0.05) is 20.8 Å². The fourth-order valence-corrected chi connectivity index (χ4v) is 2.03. The molecule has 1 aromatic rings. The second kappa shape index (κ2) is 4.28. The number of amides is 1. The van der Waals surface area contributed by atoms with Gasteiger partial charge < -0.3 is 15.8 Å². The van der Waals surface area contributed by atoms with Gasteiger partial charge in [0.25, 0.3) is 5.91 Å². The van der Waals surface area contributed by atoms with Gasteiger partial charge in [0.2, 0.25) is 0 Å². The SMILES string of the molecule is CCc1cc(N)cc2c1OC(C(C)C)C(=O)N2. The van der Waals surface area contributed by atoms with Gasteiger partial charge in [0.05, 0.1) is 5.69 Å². The zero-order chi connectivity index (χ0) is 12.6. The first kappa shape index (κ1) is 11.8. The highest BCUT2D eigenvalue weighted by Gasteiger charge is 2.31. The van der Waals surface area contributed by atoms with Gasteiger partial charge in [0, 0.05) is 5.69 Å². The van der Waals surface area contributed by atoms with E-state index in [4.69, 9.17) is 10.5 Å². The van der Waals surface area contributed by atoms with E-state index in [-0.39, 0.29) is 11.8 Å². The molecule has 0 aromatic heterocycles. The first-order valence-electron chi connectivity index (χ1n) is 5.92. The summed E-state index contributed by atoms with van der Waals surface area (Å²) < 4.78 is 5.82. The van der Waals surface area contributed by atoms with Crippen molar-refractivity contribution in [1.29, 1.82) is 0 Å². The van der Waals surface area contributed by atoms with Gasteiger partial charge in [0.15, 0.2) is 6.10 Å². The number of carbonyl (C=O) groups is 1. The van der Waals surface area contributed by atoms with E-state index >= 15 is 0 Å². The van der Waals surface area contributed by atoms with Gasteiger partial charge in [-0.3, -0.25) is 4.79 Å². The highest BCUT2D eigenvalue weighted by molar-refractivity contribution is 5.98. The smallest absolute Gasteiger partial charge is 0.265 e. The molecule has 4 heteroatoms. The first-order valence-corrected chi connectivity index (χ1v) is 5.92. The summed E-state index contributed by atoms with van der Waals surface area (Å²) in [4.78, 5) is 11.8. The summed E-state index contributed by atoms with van der Waals surface area (Å²) in [6.07, 6.45) is 0.407. The monoisotopic (exact) mass is 234 g/mol. The van der Waals surface area contributed by atoms with Crippen molar-refractivity contribution in [2.45, 2.75) is 33.3 Å². The average molecular weight is 234 g/mol. The minimum atomic E-state index is -0.420. The van der Waals surface area contributed by atoms with Crippen molar-refractivity contribution in [2.75, 3.05) is 11.1 Å². The topological polar surface area (TPSA) is 64.3 Å². The second-order valence-corrected chi connectivity index (χ2v) is 4.68. The Morgan fingerprint density at radius 1 is 1.47 bits per heavy atom. The van der Waals surface area contributed by atoms with Crippen LogP contribution in [0.25, 0.3) is 0 Å². The Kier molecular flexibility index (Phi) is 2.96. The molecule has 17 heavy (non-hydrogen) atoms. The normalized spacial score (nSPS) is 18.6. The Morgan fingerprint density at radius 2 is 2.18 bits per heavy atom. The van der Waals surface area contributed by atoms with Crippen LogP contribution in [0.1, 0.15) is 26.3 Å². The van der Waals surface area contributed by atoms with E-state index in [0.29, 0.717) is 11.4 Å². The fraction of sp³-hybridized carbons (Fsp3) is 0.462. The van der Waals surface area contributed by atoms with Crippen LogP contribution in [-0.2, 0) is 11.2 Å². The summed E-state index contributed by atoms with van der Waals surface area (Å²) in [6, 6.07) is 3.64. The third kappa shape index (κ3) is 2.07. The Balaban J connectivity index is 2.45. The third-order valence-corrected chi connectivity index (χ3v) is 2.94. The minimum Gasteiger partial charge on any atom is -0.478 e. The Bertz CT molecular complexity index is 455. The highest BCUT2D eigenvalue weighted by Crippen LogP contribution is 2.37. The fourth-order valence-electron chi connectivity index (χ4n) is 2.03. The minimum absolute atomic E-state index is 0.0971. The third-order valence-electron chi connectivity index (χ3n) is 2.94. The Labute approximate surface area is 101 Å². The molecule has 1 atom stereocenters. The van der Waals surface area contributed by atoms with Crippen molar-refractivity contribution in [2.24, 2.45) is 5.92 Å². The van der Waals surface area contributed by atoms with Crippen LogP contribution in [0.5, 0.6) is 5.75 Å². The number of nitrogen functional groups attached to an aromatic ring is 1. The summed E-state index contributed by atoms with van der Waals surface area (Å²) in [6.45, 7) is 5.98. The number of aryl methyl sites for hydroxylation is 1. The summed E-state index contributed by atoms with van der Waals surface area (Å²) in [5.74, 6) is 0.811. The van der Waals surface area contributed by atoms with Gasteiger partial charge in [-0.15, -0.1) is 0 Å². The summed E-state index contributed by atoms with van der Waals surface area (Å²) in [7, 11) is 0. The molecule has 0 radical (unpaired) electrons. The number of ether oxygens (including phenoxy) is 1. The number of benzene rings is 1. The second-order valence-electron chi connectivity index (χ2n) is 4.68. The number of fused-ring (bicyclic) bond motifs is 1. The van der Waals surface area contributed by atoms with E-state index in [1.165, 1.54) is 0 Å². The summed E-state index contributed by atoms with van der Waals surface area (Å²) >= 11 is 0. The van der Waals surface area contributed by atoms with E-state index in [9.17, 15) is 4.79 Å². The maximum Gasteiger partial charge on any atom is 0.265 e. The van der Waals surface area contributed by atoms with Gasteiger partial charge in [-0.2, -0.15) is 0 Å². The molecule has 0 bridgehead atoms. The molecule has 0 spiro atoms. The van der Waals surface area contributed by atoms with Gasteiger partial charge >= 0.3 is 0 Å². The molecule has 4 nitrogen and oxygen atoms in total. The number of nitrogens with two attached hydrogens (primary N) is 1. The molecule has 1 aliphatic heterocycles. The molecule has 1 unspecified atom stereocenters. The van der Waals surface area contributed by atoms with Gasteiger partial charge in [-0.05, 0) is 30.0 Å². The van der Waals surface area contributed by atoms with Crippen molar-refractivity contribution in [3.63, 3.8) is 0 Å². The maximum absolute atomic E-state index is 11.8. The number of carbonyl (C=O) groups excluding carboxylic acids is 1. The van der Waals surface area contributed by atoms with E-state index in [1.807, 2.05) is 26.8 Å².